The number of amides is 1. The number of hydrogen-bond acceptors (Lipinski definition) is 4. The second-order valence-electron chi connectivity index (χ2n) is 6.04. The number of rotatable bonds is 5. The predicted molar refractivity (Wildman–Crippen MR) is 93.8 cm³/mol. The van der Waals surface area contributed by atoms with Crippen molar-refractivity contribution in [3.05, 3.63) is 60.4 Å². The number of likely N-dealkylation sites (N-methyl/N-ethyl adjacent to an activating group) is 1. The van der Waals surface area contributed by atoms with Crippen LogP contribution in [0.3, 0.4) is 0 Å². The highest BCUT2D eigenvalue weighted by Gasteiger charge is 2.45. The molecule has 2 heterocycles. The van der Waals surface area contributed by atoms with E-state index in [9.17, 15) is 18.0 Å². The first-order valence-electron chi connectivity index (χ1n) is 8.26. The Bertz CT molecular complexity index is 928. The molecular formula is C18H20N3O4S+. The molecule has 0 radical (unpaired) electrons. The van der Waals surface area contributed by atoms with Gasteiger partial charge in [0.05, 0.1) is 4.90 Å². The molecule has 1 aliphatic rings. The van der Waals surface area contributed by atoms with Gasteiger partial charge in [0.25, 0.3) is 0 Å². The van der Waals surface area contributed by atoms with E-state index in [1.54, 1.807) is 12.1 Å². The van der Waals surface area contributed by atoms with Crippen LogP contribution in [0.1, 0.15) is 16.8 Å². The maximum absolute atomic E-state index is 12.6. The first-order chi connectivity index (χ1) is 12.4. The van der Waals surface area contributed by atoms with Gasteiger partial charge in [-0.25, -0.2) is 13.0 Å². The van der Waals surface area contributed by atoms with Gasteiger partial charge in [0.2, 0.25) is 15.9 Å². The second kappa shape index (κ2) is 7.35. The lowest BCUT2D eigenvalue weighted by molar-refractivity contribution is -0.697. The molecule has 0 aliphatic carbocycles. The first kappa shape index (κ1) is 18.2. The van der Waals surface area contributed by atoms with Gasteiger partial charge < -0.3 is 5.32 Å². The van der Waals surface area contributed by atoms with Crippen molar-refractivity contribution in [1.29, 1.82) is 0 Å². The molecule has 0 bridgehead atoms. The molecule has 0 saturated carbocycles. The molecule has 0 saturated heterocycles. The lowest BCUT2D eigenvalue weighted by Gasteiger charge is -2.30. The fraction of sp³-hybridized carbons (Fsp3) is 0.278. The minimum atomic E-state index is -3.87. The Morgan fingerprint density at radius 2 is 1.85 bits per heavy atom. The quantitative estimate of drug-likeness (QED) is 0.465. The number of carbonyl (C=O) groups is 2. The fourth-order valence-electron chi connectivity index (χ4n) is 2.94. The van der Waals surface area contributed by atoms with Gasteiger partial charge in [-0.15, -0.1) is 0 Å². The van der Waals surface area contributed by atoms with Crippen LogP contribution in [0.4, 0.5) is 0 Å². The van der Waals surface area contributed by atoms with Crippen molar-refractivity contribution in [2.75, 3.05) is 13.6 Å². The molecule has 1 amide bonds. The topological polar surface area (TPSA) is 87.4 Å². The molecule has 136 valence electrons. The SMILES string of the molecule is CN1C(C(=O)NCCC[n+]2ccccc2)C(=O)c2ccccc2S1(=O)=O. The first-order valence-corrected chi connectivity index (χ1v) is 9.70. The van der Waals surface area contributed by atoms with Crippen LogP contribution < -0.4 is 9.88 Å². The summed E-state index contributed by atoms with van der Waals surface area (Å²) in [5.41, 5.74) is 0.0607. The summed E-state index contributed by atoms with van der Waals surface area (Å²) < 4.78 is 28.0. The minimum Gasteiger partial charge on any atom is -0.354 e. The average Bonchev–Trinajstić information content (AvgIpc) is 2.65. The smallest absolute Gasteiger partial charge is 0.246 e. The van der Waals surface area contributed by atoms with Gasteiger partial charge in [-0.1, -0.05) is 18.2 Å². The van der Waals surface area contributed by atoms with Crippen molar-refractivity contribution in [3.8, 4) is 0 Å². The number of carbonyl (C=O) groups excluding carboxylic acids is 2. The number of hydrogen-bond donors (Lipinski definition) is 1. The van der Waals surface area contributed by atoms with Gasteiger partial charge >= 0.3 is 0 Å². The predicted octanol–water partition coefficient (Wildman–Crippen LogP) is 0.366. The van der Waals surface area contributed by atoms with Crippen molar-refractivity contribution >= 4 is 21.7 Å². The number of nitrogens with one attached hydrogen (secondary N) is 1. The lowest BCUT2D eigenvalue weighted by Crippen LogP contribution is -2.55. The van der Waals surface area contributed by atoms with Crippen molar-refractivity contribution < 1.29 is 22.6 Å². The summed E-state index contributed by atoms with van der Waals surface area (Å²) in [6.07, 6.45) is 4.50. The van der Waals surface area contributed by atoms with E-state index in [-0.39, 0.29) is 10.5 Å². The Kier molecular flexibility index (Phi) is 5.15. The highest BCUT2D eigenvalue weighted by Crippen LogP contribution is 2.28. The third-order valence-electron chi connectivity index (χ3n) is 4.34. The van der Waals surface area contributed by atoms with Crippen molar-refractivity contribution in [3.63, 3.8) is 0 Å². The Labute approximate surface area is 152 Å². The number of nitrogens with zero attached hydrogens (tertiary/aromatic N) is 2. The van der Waals surface area contributed by atoms with Gasteiger partial charge in [-0.3, -0.25) is 9.59 Å². The number of ketones is 1. The van der Waals surface area contributed by atoms with E-state index >= 15 is 0 Å². The number of aromatic nitrogens is 1. The molecule has 7 nitrogen and oxygen atoms in total. The van der Waals surface area contributed by atoms with Crippen LogP contribution in [0.2, 0.25) is 0 Å². The lowest BCUT2D eigenvalue weighted by atomic mass is 10.0. The minimum absolute atomic E-state index is 0.0583. The summed E-state index contributed by atoms with van der Waals surface area (Å²) >= 11 is 0. The molecule has 1 aromatic carbocycles. The molecule has 26 heavy (non-hydrogen) atoms. The van der Waals surface area contributed by atoms with Crippen LogP contribution in [0.25, 0.3) is 0 Å². The summed E-state index contributed by atoms with van der Waals surface area (Å²) in [7, 11) is -2.62. The molecule has 3 rings (SSSR count). The van der Waals surface area contributed by atoms with Gasteiger partial charge in [0, 0.05) is 37.7 Å². The highest BCUT2D eigenvalue weighted by molar-refractivity contribution is 7.89. The van der Waals surface area contributed by atoms with Crippen LogP contribution in [-0.4, -0.2) is 44.0 Å². The Hall–Kier alpha value is -2.58. The van der Waals surface area contributed by atoms with E-state index in [2.05, 4.69) is 5.32 Å². The van der Waals surface area contributed by atoms with Crippen molar-refractivity contribution in [1.82, 2.24) is 9.62 Å². The molecule has 0 spiro atoms. The summed E-state index contributed by atoms with van der Waals surface area (Å²) in [5.74, 6) is -1.11. The van der Waals surface area contributed by atoms with E-state index in [0.29, 0.717) is 19.5 Å². The van der Waals surface area contributed by atoms with E-state index in [1.807, 2.05) is 35.2 Å². The highest BCUT2D eigenvalue weighted by atomic mass is 32.2. The molecule has 1 aliphatic heterocycles. The van der Waals surface area contributed by atoms with Crippen LogP contribution in [0.15, 0.2) is 59.8 Å². The van der Waals surface area contributed by atoms with Gasteiger partial charge in [0.1, 0.15) is 6.54 Å². The van der Waals surface area contributed by atoms with E-state index in [1.165, 1.54) is 19.2 Å². The number of fused-ring (bicyclic) bond motifs is 1. The maximum Gasteiger partial charge on any atom is 0.246 e. The fourth-order valence-corrected chi connectivity index (χ4v) is 4.42. The normalized spacial score (nSPS) is 19.0. The van der Waals surface area contributed by atoms with E-state index in [4.69, 9.17) is 0 Å². The zero-order valence-corrected chi connectivity index (χ0v) is 15.1. The molecule has 1 aromatic heterocycles. The molecule has 2 aromatic rings. The zero-order chi connectivity index (χ0) is 18.7. The molecule has 1 atom stereocenters. The number of Topliss-reactive ketones (excluding diaryl/α,β-unsaturated/α-hetero) is 1. The summed E-state index contributed by atoms with van der Waals surface area (Å²) in [6.45, 7) is 1.05. The average molecular weight is 374 g/mol. The van der Waals surface area contributed by atoms with Crippen molar-refractivity contribution in [2.45, 2.75) is 23.9 Å². The van der Waals surface area contributed by atoms with E-state index < -0.39 is 27.8 Å². The maximum atomic E-state index is 12.6. The molecule has 1 unspecified atom stereocenters. The third-order valence-corrected chi connectivity index (χ3v) is 6.22. The Balaban J connectivity index is 1.68. The van der Waals surface area contributed by atoms with E-state index in [0.717, 1.165) is 4.31 Å². The van der Waals surface area contributed by atoms with Gasteiger partial charge in [-0.05, 0) is 12.1 Å². The number of benzene rings is 1. The number of sulfonamides is 1. The Morgan fingerprint density at radius 3 is 2.58 bits per heavy atom. The summed E-state index contributed by atoms with van der Waals surface area (Å²) in [4.78, 5) is 25.1. The molecule has 1 N–H and O–H groups in total. The van der Waals surface area contributed by atoms with Crippen LogP contribution in [0, 0.1) is 0 Å². The van der Waals surface area contributed by atoms with Gasteiger partial charge in [0.15, 0.2) is 24.2 Å². The number of pyridine rings is 1. The summed E-state index contributed by atoms with van der Waals surface area (Å²) in [6, 6.07) is 10.3. The van der Waals surface area contributed by atoms with Gasteiger partial charge in [-0.2, -0.15) is 4.31 Å². The van der Waals surface area contributed by atoms with Crippen LogP contribution >= 0.6 is 0 Å². The third kappa shape index (κ3) is 3.38. The molecule has 0 fully saturated rings. The zero-order valence-electron chi connectivity index (χ0n) is 14.3. The van der Waals surface area contributed by atoms with Crippen molar-refractivity contribution in [2.24, 2.45) is 0 Å². The Morgan fingerprint density at radius 1 is 1.15 bits per heavy atom. The monoisotopic (exact) mass is 374 g/mol. The second-order valence-corrected chi connectivity index (χ2v) is 8.01. The van der Waals surface area contributed by atoms with Crippen LogP contribution in [-0.2, 0) is 21.4 Å². The number of aryl methyl sites for hydroxylation is 1. The standard InChI is InChI=1S/C18H19N3O4S/c1-20-16(17(22)14-8-3-4-9-15(14)26(20,24)25)18(23)19-10-7-13-21-11-5-2-6-12-21/h2-6,8-9,11-12,16H,7,10,13H2,1H3/p+1. The largest absolute Gasteiger partial charge is 0.354 e. The molecule has 8 heteroatoms. The molecular weight excluding hydrogens is 354 g/mol. The van der Waals surface area contributed by atoms with Crippen LogP contribution in [0.5, 0.6) is 0 Å². The summed E-state index contributed by atoms with van der Waals surface area (Å²) in [5, 5.41) is 2.67.